The molecular formula is C34H47N5O6. The third kappa shape index (κ3) is 8.12. The van der Waals surface area contributed by atoms with Gasteiger partial charge in [0.25, 0.3) is 5.91 Å². The highest BCUT2D eigenvalue weighted by molar-refractivity contribution is 6.06. The van der Waals surface area contributed by atoms with E-state index in [1.165, 1.54) is 7.11 Å². The van der Waals surface area contributed by atoms with Gasteiger partial charge in [-0.2, -0.15) is 4.73 Å². The summed E-state index contributed by atoms with van der Waals surface area (Å²) in [5.74, 6) is -1.78. The maximum absolute atomic E-state index is 14.0. The summed E-state index contributed by atoms with van der Waals surface area (Å²) in [6, 6.07) is 4.99. The van der Waals surface area contributed by atoms with E-state index < -0.39 is 29.9 Å². The molecule has 0 aliphatic carbocycles. The Kier molecular flexibility index (Phi) is 11.8. The molecule has 0 spiro atoms. The molecule has 4 rings (SSSR count). The molecular weight excluding hydrogens is 574 g/mol. The lowest BCUT2D eigenvalue weighted by Gasteiger charge is -2.39. The summed E-state index contributed by atoms with van der Waals surface area (Å²) in [5, 5.41) is 9.44. The van der Waals surface area contributed by atoms with Crippen LogP contribution in [0.1, 0.15) is 90.5 Å². The fraction of sp³-hybridized carbons (Fsp3) is 0.559. The number of hydrogen-bond donors (Lipinski definition) is 3. The molecule has 4 amide bonds. The Morgan fingerprint density at radius 2 is 1.82 bits per heavy atom. The summed E-state index contributed by atoms with van der Waals surface area (Å²) < 4.78 is 1.57. The molecule has 0 saturated carbocycles. The van der Waals surface area contributed by atoms with Crippen molar-refractivity contribution in [1.82, 2.24) is 25.6 Å². The molecule has 2 aromatic rings. The van der Waals surface area contributed by atoms with E-state index in [0.29, 0.717) is 57.1 Å². The Morgan fingerprint density at radius 1 is 1.04 bits per heavy atom. The summed E-state index contributed by atoms with van der Waals surface area (Å²) in [7, 11) is 1.54. The van der Waals surface area contributed by atoms with Gasteiger partial charge >= 0.3 is 0 Å². The predicted octanol–water partition coefficient (Wildman–Crippen LogP) is 3.50. The summed E-state index contributed by atoms with van der Waals surface area (Å²) in [6.07, 6.45) is 9.28. The van der Waals surface area contributed by atoms with Crippen molar-refractivity contribution < 1.29 is 28.8 Å². The minimum atomic E-state index is -0.931. The number of unbranched alkanes of at least 4 members (excludes halogenated alkanes) is 2. The number of carbonyl (C=O) groups excluding carboxylic acids is 5. The zero-order valence-electron chi connectivity index (χ0n) is 26.9. The van der Waals surface area contributed by atoms with Gasteiger partial charge in [-0.1, -0.05) is 58.2 Å². The first kappa shape index (κ1) is 33.7. The van der Waals surface area contributed by atoms with Gasteiger partial charge < -0.3 is 25.7 Å². The first-order valence-electron chi connectivity index (χ1n) is 16.3. The first-order chi connectivity index (χ1) is 21.7. The van der Waals surface area contributed by atoms with E-state index in [4.69, 9.17) is 4.84 Å². The number of rotatable bonds is 11. The molecule has 2 saturated heterocycles. The van der Waals surface area contributed by atoms with Crippen molar-refractivity contribution in [3.05, 3.63) is 41.7 Å². The minimum Gasteiger partial charge on any atom is -0.417 e. The fourth-order valence-corrected chi connectivity index (χ4v) is 6.08. The van der Waals surface area contributed by atoms with E-state index in [-0.39, 0.29) is 29.2 Å². The minimum absolute atomic E-state index is 0.0383. The molecule has 2 aliphatic heterocycles. The lowest BCUT2D eigenvalue weighted by atomic mass is 9.93. The van der Waals surface area contributed by atoms with Crippen molar-refractivity contribution in [3.63, 3.8) is 0 Å². The number of carbonyl (C=O) groups is 5. The van der Waals surface area contributed by atoms with Crippen LogP contribution in [0.5, 0.6) is 0 Å². The summed E-state index contributed by atoms with van der Waals surface area (Å²) in [5.41, 5.74) is 1.37. The maximum atomic E-state index is 14.0. The number of amides is 4. The normalized spacial score (nSPS) is 23.0. The largest absolute Gasteiger partial charge is 0.417 e. The monoisotopic (exact) mass is 621 g/mol. The van der Waals surface area contributed by atoms with Crippen molar-refractivity contribution in [2.24, 2.45) is 5.92 Å². The Hall–Kier alpha value is -4.15. The zero-order chi connectivity index (χ0) is 32.5. The number of fused-ring (bicyclic) bond motifs is 2. The molecule has 2 fully saturated rings. The predicted molar refractivity (Wildman–Crippen MR) is 172 cm³/mol. The molecule has 0 bridgehead atoms. The number of hydrogen-bond acceptors (Lipinski definition) is 6. The number of nitrogens with one attached hydrogen (secondary N) is 3. The van der Waals surface area contributed by atoms with Crippen molar-refractivity contribution in [3.8, 4) is 0 Å². The van der Waals surface area contributed by atoms with E-state index in [9.17, 15) is 24.0 Å². The Labute approximate surface area is 265 Å². The quantitative estimate of drug-likeness (QED) is 0.259. The van der Waals surface area contributed by atoms with Crippen LogP contribution in [0.3, 0.4) is 0 Å². The van der Waals surface area contributed by atoms with Gasteiger partial charge in [0.1, 0.15) is 36.7 Å². The van der Waals surface area contributed by atoms with Crippen LogP contribution in [0.4, 0.5) is 0 Å². The molecule has 45 heavy (non-hydrogen) atoms. The van der Waals surface area contributed by atoms with Crippen LogP contribution in [0.15, 0.2) is 36.2 Å². The highest BCUT2D eigenvalue weighted by Crippen LogP contribution is 2.25. The van der Waals surface area contributed by atoms with Crippen molar-refractivity contribution >= 4 is 46.4 Å². The molecule has 11 heteroatoms. The third-order valence-corrected chi connectivity index (χ3v) is 9.04. The molecule has 1 unspecified atom stereocenters. The number of ketones is 1. The number of para-hydroxylation sites is 1. The topological polar surface area (TPSA) is 139 Å². The highest BCUT2D eigenvalue weighted by Gasteiger charge is 2.40. The number of nitrogens with zero attached hydrogens (tertiary/aromatic N) is 2. The highest BCUT2D eigenvalue weighted by atomic mass is 16.6. The Morgan fingerprint density at radius 3 is 2.56 bits per heavy atom. The third-order valence-electron chi connectivity index (χ3n) is 9.04. The maximum Gasteiger partial charge on any atom is 0.268 e. The number of Topliss-reactive ketones (excluding diaryl/α,β-unsaturated/α-hetero) is 1. The van der Waals surface area contributed by atoms with Crippen LogP contribution in [-0.2, 0) is 24.0 Å². The molecule has 1 aromatic carbocycles. The molecule has 1 aromatic heterocycles. The van der Waals surface area contributed by atoms with E-state index in [2.05, 4.69) is 16.0 Å². The van der Waals surface area contributed by atoms with Gasteiger partial charge in [-0.3, -0.25) is 24.0 Å². The van der Waals surface area contributed by atoms with Crippen molar-refractivity contribution in [2.45, 2.75) is 103 Å². The fourth-order valence-electron chi connectivity index (χ4n) is 6.08. The number of benzene rings is 1. The van der Waals surface area contributed by atoms with Gasteiger partial charge in [0.2, 0.25) is 17.7 Å². The average Bonchev–Trinajstić information content (AvgIpc) is 3.41. The number of aromatic nitrogens is 1. The van der Waals surface area contributed by atoms with Gasteiger partial charge in [0, 0.05) is 30.3 Å². The van der Waals surface area contributed by atoms with Crippen molar-refractivity contribution in [1.29, 1.82) is 0 Å². The smallest absolute Gasteiger partial charge is 0.268 e. The van der Waals surface area contributed by atoms with E-state index in [1.54, 1.807) is 21.9 Å². The van der Waals surface area contributed by atoms with Crippen LogP contribution in [0.2, 0.25) is 0 Å². The van der Waals surface area contributed by atoms with E-state index in [0.717, 1.165) is 30.2 Å². The molecule has 2 aliphatic rings. The lowest BCUT2D eigenvalue weighted by Crippen LogP contribution is -2.62. The summed E-state index contributed by atoms with van der Waals surface area (Å²) >= 11 is 0. The first-order valence-corrected chi connectivity index (χ1v) is 16.3. The van der Waals surface area contributed by atoms with Gasteiger partial charge in [-0.15, -0.1) is 0 Å². The standard InChI is InChI=1S/C34H47N5O6/c1-5-22(3)30-34(44)38-19-13-12-18-29(38)33(43)35-26(16-9-7-8-14-24(40)6-2)31(41)36-27(32(42)37-30)20-23-21-39(45-4)28-17-11-10-15-25(23)28/h10-11,15,17,20-22,26,29-30H,5-9,12-14,16,18-19H2,1-4H3,(H,35,43)(H,36,41)(H,37,42)/b27-20-/t22?,26-,29+,30-/m0/s1. The SMILES string of the molecule is CCC(=O)CCCCC[C@@H]1NC(=O)[C@H]2CCCCN2C(=O)[C@H](C(C)CC)NC(=O)/C(=C/c2cn(OC)c3ccccc23)NC1=O. The second-order valence-electron chi connectivity index (χ2n) is 12.1. The van der Waals surface area contributed by atoms with E-state index >= 15 is 0 Å². The average molecular weight is 622 g/mol. The van der Waals surface area contributed by atoms with Crippen molar-refractivity contribution in [2.75, 3.05) is 13.7 Å². The van der Waals surface area contributed by atoms with E-state index in [1.807, 2.05) is 45.0 Å². The number of piperidine rings is 1. The molecule has 0 radical (unpaired) electrons. The van der Waals surface area contributed by atoms with Gasteiger partial charge in [-0.25, -0.2) is 0 Å². The summed E-state index contributed by atoms with van der Waals surface area (Å²) in [6.45, 7) is 6.08. The van der Waals surface area contributed by atoms with Crippen LogP contribution in [0, 0.1) is 5.92 Å². The molecule has 3 N–H and O–H groups in total. The Bertz CT molecular complexity index is 1430. The zero-order valence-corrected chi connectivity index (χ0v) is 26.9. The molecule has 4 atom stereocenters. The van der Waals surface area contributed by atoms with Crippen LogP contribution >= 0.6 is 0 Å². The second kappa shape index (κ2) is 15.7. The van der Waals surface area contributed by atoms with Gasteiger partial charge in [0.05, 0.1) is 11.7 Å². The van der Waals surface area contributed by atoms with Crippen LogP contribution in [0.25, 0.3) is 17.0 Å². The Balaban J connectivity index is 1.72. The van der Waals surface area contributed by atoms with Gasteiger partial charge in [-0.05, 0) is 50.2 Å². The molecule has 244 valence electrons. The molecule has 11 nitrogen and oxygen atoms in total. The summed E-state index contributed by atoms with van der Waals surface area (Å²) in [4.78, 5) is 74.3. The lowest BCUT2D eigenvalue weighted by molar-refractivity contribution is -0.147. The van der Waals surface area contributed by atoms with Crippen LogP contribution in [-0.4, -0.2) is 70.8 Å². The van der Waals surface area contributed by atoms with Crippen LogP contribution < -0.4 is 20.8 Å². The second-order valence-corrected chi connectivity index (χ2v) is 12.1. The van der Waals surface area contributed by atoms with Gasteiger partial charge in [0.15, 0.2) is 0 Å². The molecule has 3 heterocycles.